The molecular formula is C25H22N2. The molecular weight excluding hydrogens is 328 g/mol. The van der Waals surface area contributed by atoms with E-state index < -0.39 is 0 Å². The molecule has 5 aromatic rings. The molecule has 0 saturated heterocycles. The zero-order chi connectivity index (χ0) is 18.4. The normalized spacial score (nSPS) is 12.7. The predicted molar refractivity (Wildman–Crippen MR) is 113 cm³/mol. The Hall–Kier alpha value is -3.26. The van der Waals surface area contributed by atoms with Gasteiger partial charge in [-0.05, 0) is 48.2 Å². The van der Waals surface area contributed by atoms with Crippen molar-refractivity contribution in [2.24, 2.45) is 0 Å². The Labute approximate surface area is 158 Å². The summed E-state index contributed by atoms with van der Waals surface area (Å²) >= 11 is 0. The van der Waals surface area contributed by atoms with Gasteiger partial charge in [0.15, 0.2) is 0 Å². The van der Waals surface area contributed by atoms with E-state index in [4.69, 9.17) is 0 Å². The van der Waals surface area contributed by atoms with Crippen LogP contribution in [-0.4, -0.2) is 9.97 Å². The maximum Gasteiger partial charge on any atom is 0.0459 e. The highest BCUT2D eigenvalue weighted by Crippen LogP contribution is 2.40. The Bertz CT molecular complexity index is 1240. The third-order valence-corrected chi connectivity index (χ3v) is 5.60. The van der Waals surface area contributed by atoms with Gasteiger partial charge in [0, 0.05) is 40.1 Å². The van der Waals surface area contributed by atoms with Crippen LogP contribution in [-0.2, 0) is 0 Å². The predicted octanol–water partition coefficient (Wildman–Crippen LogP) is 6.45. The van der Waals surface area contributed by atoms with E-state index in [2.05, 4.69) is 103 Å². The third kappa shape index (κ3) is 2.57. The van der Waals surface area contributed by atoms with E-state index in [1.54, 1.807) is 0 Å². The summed E-state index contributed by atoms with van der Waals surface area (Å²) in [5.74, 6) is 0.177. The van der Waals surface area contributed by atoms with Gasteiger partial charge >= 0.3 is 0 Å². The summed E-state index contributed by atoms with van der Waals surface area (Å²) in [6.45, 7) is 4.33. The smallest absolute Gasteiger partial charge is 0.0459 e. The Kier molecular flexibility index (Phi) is 3.64. The van der Waals surface area contributed by atoms with Gasteiger partial charge in [-0.3, -0.25) is 0 Å². The van der Waals surface area contributed by atoms with Crippen molar-refractivity contribution in [3.05, 3.63) is 107 Å². The van der Waals surface area contributed by atoms with Crippen LogP contribution in [0.5, 0.6) is 0 Å². The van der Waals surface area contributed by atoms with Crippen molar-refractivity contribution in [1.82, 2.24) is 9.97 Å². The number of aromatic amines is 2. The molecule has 5 rings (SSSR count). The van der Waals surface area contributed by atoms with Crippen molar-refractivity contribution in [3.63, 3.8) is 0 Å². The van der Waals surface area contributed by atoms with Crippen LogP contribution < -0.4 is 0 Å². The lowest BCUT2D eigenvalue weighted by Gasteiger charge is -2.18. The molecule has 0 bridgehead atoms. The van der Waals surface area contributed by atoms with Gasteiger partial charge in [0.25, 0.3) is 0 Å². The number of fused-ring (bicyclic) bond motifs is 2. The van der Waals surface area contributed by atoms with Crippen molar-refractivity contribution in [3.8, 4) is 0 Å². The minimum absolute atomic E-state index is 0.177. The van der Waals surface area contributed by atoms with Crippen LogP contribution in [0.4, 0.5) is 0 Å². The van der Waals surface area contributed by atoms with Crippen molar-refractivity contribution < 1.29 is 0 Å². The average Bonchev–Trinajstić information content (AvgIpc) is 3.30. The lowest BCUT2D eigenvalue weighted by molar-refractivity contribution is 0.995. The average molecular weight is 350 g/mol. The minimum Gasteiger partial charge on any atom is -0.361 e. The largest absolute Gasteiger partial charge is 0.361 e. The van der Waals surface area contributed by atoms with E-state index in [1.807, 2.05) is 0 Å². The molecule has 0 amide bonds. The lowest BCUT2D eigenvalue weighted by Crippen LogP contribution is -2.03. The molecule has 0 aliphatic carbocycles. The first-order chi connectivity index (χ1) is 13.2. The number of aromatic nitrogens is 2. The molecule has 2 N–H and O–H groups in total. The maximum absolute atomic E-state index is 3.49. The number of hydrogen-bond donors (Lipinski definition) is 2. The molecule has 0 aliphatic rings. The molecule has 0 aliphatic heterocycles. The van der Waals surface area contributed by atoms with Crippen LogP contribution in [0.2, 0.25) is 0 Å². The zero-order valence-corrected chi connectivity index (χ0v) is 15.6. The molecule has 3 aromatic carbocycles. The molecule has 2 heterocycles. The molecule has 2 heteroatoms. The second-order valence-electron chi connectivity index (χ2n) is 7.37. The molecule has 0 saturated carbocycles. The molecule has 0 fully saturated rings. The first-order valence-corrected chi connectivity index (χ1v) is 9.41. The van der Waals surface area contributed by atoms with Gasteiger partial charge in [-0.25, -0.2) is 0 Å². The maximum atomic E-state index is 3.49. The first-order valence-electron chi connectivity index (χ1n) is 9.41. The van der Waals surface area contributed by atoms with E-state index in [9.17, 15) is 0 Å². The van der Waals surface area contributed by atoms with E-state index in [0.29, 0.717) is 0 Å². The Morgan fingerprint density at radius 1 is 0.667 bits per heavy atom. The van der Waals surface area contributed by atoms with Crippen molar-refractivity contribution >= 4 is 21.8 Å². The summed E-state index contributed by atoms with van der Waals surface area (Å²) in [7, 11) is 0. The highest BCUT2D eigenvalue weighted by atomic mass is 14.7. The van der Waals surface area contributed by atoms with Gasteiger partial charge < -0.3 is 9.97 Å². The summed E-state index contributed by atoms with van der Waals surface area (Å²) in [6.07, 6.45) is 4.36. The van der Waals surface area contributed by atoms with Gasteiger partial charge in [-0.2, -0.15) is 0 Å². The molecule has 1 unspecified atom stereocenters. The van der Waals surface area contributed by atoms with Gasteiger partial charge in [0.05, 0.1) is 0 Å². The van der Waals surface area contributed by atoms with E-state index >= 15 is 0 Å². The van der Waals surface area contributed by atoms with Gasteiger partial charge in [0.1, 0.15) is 0 Å². The van der Waals surface area contributed by atoms with Crippen LogP contribution in [0, 0.1) is 13.8 Å². The van der Waals surface area contributed by atoms with E-state index in [0.717, 1.165) is 0 Å². The summed E-state index contributed by atoms with van der Waals surface area (Å²) in [6, 6.07) is 24.0. The number of nitrogens with one attached hydrogen (secondary N) is 2. The summed E-state index contributed by atoms with van der Waals surface area (Å²) in [5, 5.41) is 2.61. The highest BCUT2D eigenvalue weighted by Gasteiger charge is 2.23. The van der Waals surface area contributed by atoms with Crippen LogP contribution in [0.25, 0.3) is 21.8 Å². The van der Waals surface area contributed by atoms with Crippen LogP contribution in [0.15, 0.2) is 79.1 Å². The number of aryl methyl sites for hydroxylation is 2. The molecule has 2 nitrogen and oxygen atoms in total. The van der Waals surface area contributed by atoms with Crippen molar-refractivity contribution in [2.45, 2.75) is 19.8 Å². The summed E-state index contributed by atoms with van der Waals surface area (Å²) < 4.78 is 0. The lowest BCUT2D eigenvalue weighted by atomic mass is 9.84. The molecule has 1 atom stereocenters. The van der Waals surface area contributed by atoms with Gasteiger partial charge in [-0.15, -0.1) is 0 Å². The summed E-state index contributed by atoms with van der Waals surface area (Å²) in [4.78, 5) is 6.95. The number of rotatable bonds is 3. The Morgan fingerprint density at radius 2 is 1.37 bits per heavy atom. The molecule has 132 valence electrons. The number of benzene rings is 3. The third-order valence-electron chi connectivity index (χ3n) is 5.60. The first kappa shape index (κ1) is 16.0. The van der Waals surface area contributed by atoms with Gasteiger partial charge in [-0.1, -0.05) is 60.2 Å². The quantitative estimate of drug-likeness (QED) is 0.375. The molecule has 27 heavy (non-hydrogen) atoms. The van der Waals surface area contributed by atoms with Crippen LogP contribution >= 0.6 is 0 Å². The number of hydrogen-bond acceptors (Lipinski definition) is 0. The topological polar surface area (TPSA) is 31.6 Å². The van der Waals surface area contributed by atoms with E-state index in [1.165, 1.54) is 49.6 Å². The number of para-hydroxylation sites is 1. The zero-order valence-electron chi connectivity index (χ0n) is 15.6. The standard InChI is InChI=1S/C25H22N2/c1-16-10-12-18(13-11-16)25(20-14-26-22-8-4-3-7-19(20)22)21-15-27-23-9-5-6-17(2)24(21)23/h3-15,25-27H,1-2H3. The fraction of sp³-hybridized carbons (Fsp3) is 0.120. The Balaban J connectivity index is 1.82. The van der Waals surface area contributed by atoms with Crippen molar-refractivity contribution in [1.29, 1.82) is 0 Å². The number of H-pyrrole nitrogens is 2. The molecule has 0 radical (unpaired) electrons. The highest BCUT2D eigenvalue weighted by molar-refractivity contribution is 5.90. The van der Waals surface area contributed by atoms with E-state index in [-0.39, 0.29) is 5.92 Å². The molecule has 2 aromatic heterocycles. The second kappa shape index (κ2) is 6.17. The fourth-order valence-electron chi connectivity index (χ4n) is 4.24. The second-order valence-corrected chi connectivity index (χ2v) is 7.37. The monoisotopic (exact) mass is 350 g/mol. The van der Waals surface area contributed by atoms with Crippen molar-refractivity contribution in [2.75, 3.05) is 0 Å². The van der Waals surface area contributed by atoms with Crippen LogP contribution in [0.3, 0.4) is 0 Å². The van der Waals surface area contributed by atoms with Gasteiger partial charge in [0.2, 0.25) is 0 Å². The summed E-state index contributed by atoms with van der Waals surface area (Å²) in [5.41, 5.74) is 8.93. The fourth-order valence-corrected chi connectivity index (χ4v) is 4.24. The SMILES string of the molecule is Cc1ccc(C(c2c[nH]c3ccccc23)c2c[nH]c3cccc(C)c23)cc1. The minimum atomic E-state index is 0.177. The van der Waals surface area contributed by atoms with Crippen LogP contribution in [0.1, 0.15) is 33.7 Å². The molecule has 0 spiro atoms. The Morgan fingerprint density at radius 3 is 2.22 bits per heavy atom.